The summed E-state index contributed by atoms with van der Waals surface area (Å²) >= 11 is 6.06. The van der Waals surface area contributed by atoms with E-state index in [2.05, 4.69) is 5.32 Å². The number of carbonyl (C=O) groups excluding carboxylic acids is 2. The van der Waals surface area contributed by atoms with E-state index in [1.807, 2.05) is 30.3 Å². The van der Waals surface area contributed by atoms with Crippen molar-refractivity contribution in [3.05, 3.63) is 64.7 Å². The number of esters is 1. The number of sulfonamides is 1. The number of carbonyl (C=O) groups is 2. The van der Waals surface area contributed by atoms with Crippen LogP contribution in [0.3, 0.4) is 0 Å². The van der Waals surface area contributed by atoms with E-state index in [1.54, 1.807) is 13.8 Å². The Kier molecular flexibility index (Phi) is 9.48. The summed E-state index contributed by atoms with van der Waals surface area (Å²) in [5.41, 5.74) is 1.19. The van der Waals surface area contributed by atoms with Crippen molar-refractivity contribution in [2.24, 2.45) is 0 Å². The van der Waals surface area contributed by atoms with Crippen molar-refractivity contribution in [3.63, 3.8) is 0 Å². The van der Waals surface area contributed by atoms with Crippen LogP contribution in [0.4, 0.5) is 0 Å². The van der Waals surface area contributed by atoms with E-state index < -0.39 is 28.5 Å². The molecule has 0 saturated heterocycles. The lowest BCUT2D eigenvalue weighted by Gasteiger charge is -2.19. The molecule has 2 rings (SSSR count). The number of halogens is 1. The summed E-state index contributed by atoms with van der Waals surface area (Å²) in [5.74, 6) is -1.22. The first kappa shape index (κ1) is 24.8. The molecule has 0 saturated carbocycles. The number of nitrogens with zero attached hydrogens (tertiary/aromatic N) is 1. The summed E-state index contributed by atoms with van der Waals surface area (Å²) in [6.07, 6.45) is 1.59. The molecule has 1 N–H and O–H groups in total. The standard InChI is InChI=1S/C22H27ClN2O5S/c1-3-25(4-2)31(28,29)20-15-18(12-13-19(20)23)22(27)30-16-21(26)24-14-8-11-17-9-6-5-7-10-17/h5-7,9-10,12-13,15H,3-4,8,11,14,16H2,1-2H3,(H,24,26). The third-order valence-electron chi connectivity index (χ3n) is 4.63. The van der Waals surface area contributed by atoms with E-state index in [-0.39, 0.29) is 28.6 Å². The lowest BCUT2D eigenvalue weighted by molar-refractivity contribution is -0.124. The average molecular weight is 467 g/mol. The quantitative estimate of drug-likeness (QED) is 0.405. The van der Waals surface area contributed by atoms with Crippen LogP contribution in [0.5, 0.6) is 0 Å². The summed E-state index contributed by atoms with van der Waals surface area (Å²) in [6, 6.07) is 13.8. The Morgan fingerprint density at radius 3 is 2.39 bits per heavy atom. The summed E-state index contributed by atoms with van der Waals surface area (Å²) in [6.45, 7) is 3.98. The maximum Gasteiger partial charge on any atom is 0.338 e. The fourth-order valence-electron chi connectivity index (χ4n) is 2.96. The van der Waals surface area contributed by atoms with Gasteiger partial charge in [-0.15, -0.1) is 0 Å². The van der Waals surface area contributed by atoms with Gasteiger partial charge in [-0.1, -0.05) is 55.8 Å². The number of aryl methyl sites for hydroxylation is 1. The molecule has 0 fully saturated rings. The van der Waals surface area contributed by atoms with Gasteiger partial charge in [-0.25, -0.2) is 13.2 Å². The Hall–Kier alpha value is -2.42. The maximum absolute atomic E-state index is 12.7. The molecule has 7 nitrogen and oxygen atoms in total. The van der Waals surface area contributed by atoms with Crippen LogP contribution in [-0.2, 0) is 26.0 Å². The molecule has 0 aliphatic rings. The van der Waals surface area contributed by atoms with Crippen LogP contribution < -0.4 is 5.32 Å². The van der Waals surface area contributed by atoms with Gasteiger partial charge in [0, 0.05) is 19.6 Å². The molecule has 0 atom stereocenters. The van der Waals surface area contributed by atoms with Crippen LogP contribution in [0.25, 0.3) is 0 Å². The van der Waals surface area contributed by atoms with Gasteiger partial charge in [0.1, 0.15) is 4.90 Å². The minimum Gasteiger partial charge on any atom is -0.452 e. The van der Waals surface area contributed by atoms with Crippen LogP contribution in [0, 0.1) is 0 Å². The van der Waals surface area contributed by atoms with Crippen LogP contribution in [0.15, 0.2) is 53.4 Å². The molecule has 0 bridgehead atoms. The summed E-state index contributed by atoms with van der Waals surface area (Å²) in [4.78, 5) is 24.1. The third kappa shape index (κ3) is 7.05. The average Bonchev–Trinajstić information content (AvgIpc) is 2.76. The molecule has 0 aliphatic heterocycles. The lowest BCUT2D eigenvalue weighted by Crippen LogP contribution is -2.31. The van der Waals surface area contributed by atoms with Crippen molar-refractivity contribution in [3.8, 4) is 0 Å². The Morgan fingerprint density at radius 1 is 1.06 bits per heavy atom. The van der Waals surface area contributed by atoms with E-state index in [4.69, 9.17) is 16.3 Å². The molecule has 2 aromatic carbocycles. The van der Waals surface area contributed by atoms with Gasteiger partial charge in [0.2, 0.25) is 10.0 Å². The zero-order valence-electron chi connectivity index (χ0n) is 17.6. The summed E-state index contributed by atoms with van der Waals surface area (Å²) in [7, 11) is -3.84. The predicted molar refractivity (Wildman–Crippen MR) is 120 cm³/mol. The summed E-state index contributed by atoms with van der Waals surface area (Å²) < 4.78 is 31.7. The van der Waals surface area contributed by atoms with Crippen molar-refractivity contribution in [2.75, 3.05) is 26.2 Å². The van der Waals surface area contributed by atoms with E-state index in [9.17, 15) is 18.0 Å². The van der Waals surface area contributed by atoms with Gasteiger partial charge in [0.15, 0.2) is 6.61 Å². The summed E-state index contributed by atoms with van der Waals surface area (Å²) in [5, 5.41) is 2.71. The molecular formula is C22H27ClN2O5S. The molecule has 168 valence electrons. The van der Waals surface area contributed by atoms with Gasteiger partial charge in [-0.2, -0.15) is 4.31 Å². The van der Waals surface area contributed by atoms with Gasteiger partial charge < -0.3 is 10.1 Å². The second-order valence-electron chi connectivity index (χ2n) is 6.75. The molecule has 0 heterocycles. The van der Waals surface area contributed by atoms with Crippen molar-refractivity contribution in [1.29, 1.82) is 0 Å². The normalized spacial score (nSPS) is 11.4. The number of nitrogens with one attached hydrogen (secondary N) is 1. The Morgan fingerprint density at radius 2 is 1.74 bits per heavy atom. The topological polar surface area (TPSA) is 92.8 Å². The molecule has 0 aliphatic carbocycles. The molecule has 31 heavy (non-hydrogen) atoms. The van der Waals surface area contributed by atoms with Gasteiger partial charge in [-0.3, -0.25) is 4.79 Å². The van der Waals surface area contributed by atoms with Crippen molar-refractivity contribution in [1.82, 2.24) is 9.62 Å². The van der Waals surface area contributed by atoms with Crippen LogP contribution >= 0.6 is 11.6 Å². The molecule has 0 unspecified atom stereocenters. The molecular weight excluding hydrogens is 440 g/mol. The van der Waals surface area contributed by atoms with Crippen molar-refractivity contribution >= 4 is 33.5 Å². The van der Waals surface area contributed by atoms with Gasteiger partial charge in [-0.05, 0) is 36.6 Å². The Labute approximate surface area is 188 Å². The first-order valence-corrected chi connectivity index (χ1v) is 11.9. The molecule has 0 spiro atoms. The van der Waals surface area contributed by atoms with Gasteiger partial charge in [0.05, 0.1) is 10.6 Å². The van der Waals surface area contributed by atoms with E-state index in [0.717, 1.165) is 12.8 Å². The van der Waals surface area contributed by atoms with E-state index >= 15 is 0 Å². The van der Waals surface area contributed by atoms with Crippen LogP contribution in [-0.4, -0.2) is 50.8 Å². The number of rotatable bonds is 11. The van der Waals surface area contributed by atoms with E-state index in [1.165, 1.54) is 28.1 Å². The van der Waals surface area contributed by atoms with Gasteiger partial charge in [0.25, 0.3) is 5.91 Å². The monoisotopic (exact) mass is 466 g/mol. The molecule has 0 aromatic heterocycles. The highest BCUT2D eigenvalue weighted by atomic mass is 35.5. The Balaban J connectivity index is 1.90. The van der Waals surface area contributed by atoms with E-state index in [0.29, 0.717) is 6.54 Å². The number of amides is 1. The third-order valence-corrected chi connectivity index (χ3v) is 7.16. The fraction of sp³-hybridized carbons (Fsp3) is 0.364. The SMILES string of the molecule is CCN(CC)S(=O)(=O)c1cc(C(=O)OCC(=O)NCCCc2ccccc2)ccc1Cl. The zero-order valence-corrected chi connectivity index (χ0v) is 19.2. The maximum atomic E-state index is 12.7. The minimum absolute atomic E-state index is 0.00649. The lowest BCUT2D eigenvalue weighted by atomic mass is 10.1. The highest BCUT2D eigenvalue weighted by Crippen LogP contribution is 2.26. The predicted octanol–water partition coefficient (Wildman–Crippen LogP) is 3.28. The number of hydrogen-bond donors (Lipinski definition) is 1. The van der Waals surface area contributed by atoms with Crippen molar-refractivity contribution in [2.45, 2.75) is 31.6 Å². The largest absolute Gasteiger partial charge is 0.452 e. The minimum atomic E-state index is -3.84. The number of benzene rings is 2. The van der Waals surface area contributed by atoms with Gasteiger partial charge >= 0.3 is 5.97 Å². The first-order valence-electron chi connectivity index (χ1n) is 10.1. The molecule has 9 heteroatoms. The fourth-order valence-corrected chi connectivity index (χ4v) is 4.92. The van der Waals surface area contributed by atoms with Crippen LogP contribution in [0.1, 0.15) is 36.2 Å². The first-order chi connectivity index (χ1) is 14.8. The second kappa shape index (κ2) is 11.8. The van der Waals surface area contributed by atoms with Crippen LogP contribution in [0.2, 0.25) is 5.02 Å². The second-order valence-corrected chi connectivity index (χ2v) is 9.06. The van der Waals surface area contributed by atoms with Crippen molar-refractivity contribution < 1.29 is 22.7 Å². The molecule has 1 amide bonds. The number of ether oxygens (including phenoxy) is 1. The highest BCUT2D eigenvalue weighted by molar-refractivity contribution is 7.89. The zero-order chi connectivity index (χ0) is 22.9. The molecule has 0 radical (unpaired) electrons. The number of hydrogen-bond acceptors (Lipinski definition) is 5. The Bertz CT molecular complexity index is 992. The molecule has 2 aromatic rings. The smallest absolute Gasteiger partial charge is 0.338 e. The highest BCUT2D eigenvalue weighted by Gasteiger charge is 2.26.